The summed E-state index contributed by atoms with van der Waals surface area (Å²) in [5.74, 6) is 3.92. The second kappa shape index (κ2) is 33.5. The summed E-state index contributed by atoms with van der Waals surface area (Å²) in [6, 6.07) is 19.2. The molecule has 5 atom stereocenters. The molecule has 2 heteroatoms. The van der Waals surface area contributed by atoms with E-state index in [1.165, 1.54) is 42.4 Å². The molecule has 58 heavy (non-hydrogen) atoms. The zero-order chi connectivity index (χ0) is 46.4. The van der Waals surface area contributed by atoms with Gasteiger partial charge in [0, 0.05) is 17.1 Å². The molecule has 0 amide bonds. The third-order valence-corrected chi connectivity index (χ3v) is 10.6. The van der Waals surface area contributed by atoms with Gasteiger partial charge in [0.15, 0.2) is 0 Å². The quantitative estimate of drug-likeness (QED) is 0.135. The summed E-state index contributed by atoms with van der Waals surface area (Å²) in [7, 11) is 0. The zero-order valence-electron chi connectivity index (χ0n) is 41.1. The van der Waals surface area contributed by atoms with Crippen LogP contribution in [0.15, 0.2) is 142 Å². The number of hydrogen-bond donors (Lipinski definition) is 1. The molecule has 4 rings (SSSR count). The predicted octanol–water partition coefficient (Wildman–Crippen LogP) is 18.0. The van der Waals surface area contributed by atoms with E-state index >= 15 is 0 Å². The number of halogens is 1. The first-order chi connectivity index (χ1) is 26.9. The fraction of sp³-hybridized carbons (Fsp3) is 0.536. The van der Waals surface area contributed by atoms with Crippen molar-refractivity contribution in [3.8, 4) is 0 Å². The van der Waals surface area contributed by atoms with Crippen LogP contribution in [0.1, 0.15) is 147 Å². The summed E-state index contributed by atoms with van der Waals surface area (Å²) in [5.41, 5.74) is 10.8. The standard InChI is InChI=1S/C14H18.C11H19Cl.C11H15N.C8H14.C5H12.C3H8.2C2H4/c1-10(2)11(3)14-8-12-6-4-5-7-13(12)9-14;1-6-9-10(11(9,5)12)8(4)7(2)3;1-3-10(2)12-9-11-7-5-4-6-8-11;1-6(2)8(5)7(3)4;1-5(2,3)4;1-3-2;2*1-2/h4-7,11,14H,1,8-9H2,2-3H3;8-10H,2,6H2,1,3-5H3;4-8,12H,2-3,9H2,1H3;7H,1,5H2,2-4H3;1-4H3;3H2,1-2H3;2*1-2H2. The van der Waals surface area contributed by atoms with Crippen molar-refractivity contribution in [1.29, 1.82) is 0 Å². The molecule has 5 unspecified atom stereocenters. The average Bonchev–Trinajstić information content (AvgIpc) is 3.48. The topological polar surface area (TPSA) is 12.0 Å². The SMILES string of the molecule is C=C.C=C.C=C(C)C(=C)C(C)C.C=C(C)C(C)C1C(CC)C1(C)Cl.C=C(C)C(C)C1Cc2ccccc2C1.C=C(CC)NCc1ccccc1.CC(C)(C)C.CCC. The van der Waals surface area contributed by atoms with E-state index in [9.17, 15) is 0 Å². The van der Waals surface area contributed by atoms with Crippen molar-refractivity contribution < 1.29 is 0 Å². The lowest BCUT2D eigenvalue weighted by molar-refractivity contribution is 0.425. The number of allylic oxidation sites excluding steroid dienone is 5. The van der Waals surface area contributed by atoms with E-state index in [-0.39, 0.29) is 4.87 Å². The van der Waals surface area contributed by atoms with Crippen molar-refractivity contribution in [2.24, 2.45) is 40.9 Å². The van der Waals surface area contributed by atoms with Crippen LogP contribution in [-0.4, -0.2) is 4.87 Å². The number of rotatable bonds is 11. The summed E-state index contributed by atoms with van der Waals surface area (Å²) in [6.07, 6.45) is 5.92. The molecule has 2 aliphatic rings. The van der Waals surface area contributed by atoms with Gasteiger partial charge < -0.3 is 5.32 Å². The highest BCUT2D eigenvalue weighted by Crippen LogP contribution is 2.61. The lowest BCUT2D eigenvalue weighted by Gasteiger charge is -2.18. The molecule has 0 heterocycles. The highest BCUT2D eigenvalue weighted by Gasteiger charge is 2.60. The van der Waals surface area contributed by atoms with Crippen molar-refractivity contribution in [2.75, 3.05) is 0 Å². The van der Waals surface area contributed by atoms with Gasteiger partial charge in [-0.3, -0.25) is 0 Å². The third kappa shape index (κ3) is 28.2. The van der Waals surface area contributed by atoms with Crippen molar-refractivity contribution in [3.05, 3.63) is 158 Å². The number of nitrogens with one attached hydrogen (secondary N) is 1. The summed E-state index contributed by atoms with van der Waals surface area (Å²) >= 11 is 6.37. The van der Waals surface area contributed by atoms with Crippen molar-refractivity contribution in [1.82, 2.24) is 5.32 Å². The van der Waals surface area contributed by atoms with Gasteiger partial charge in [0.2, 0.25) is 0 Å². The lowest BCUT2D eigenvalue weighted by Crippen LogP contribution is -2.12. The molecule has 1 saturated carbocycles. The third-order valence-electron chi connectivity index (χ3n) is 10.1. The second-order valence-corrected chi connectivity index (χ2v) is 18.7. The molecule has 0 bridgehead atoms. The molecule has 1 fully saturated rings. The molecule has 2 aliphatic carbocycles. The Balaban J connectivity index is -0.000000311. The van der Waals surface area contributed by atoms with Gasteiger partial charge in [-0.15, -0.1) is 37.9 Å². The van der Waals surface area contributed by atoms with E-state index in [4.69, 9.17) is 11.6 Å². The van der Waals surface area contributed by atoms with E-state index in [1.807, 2.05) is 25.1 Å². The van der Waals surface area contributed by atoms with Gasteiger partial charge >= 0.3 is 0 Å². The number of fused-ring (bicyclic) bond motifs is 1. The van der Waals surface area contributed by atoms with Gasteiger partial charge in [0.05, 0.1) is 0 Å². The van der Waals surface area contributed by atoms with Crippen LogP contribution in [0.5, 0.6) is 0 Å². The van der Waals surface area contributed by atoms with E-state index in [2.05, 4.69) is 205 Å². The Morgan fingerprint density at radius 1 is 0.724 bits per heavy atom. The highest BCUT2D eigenvalue weighted by atomic mass is 35.5. The molecule has 0 spiro atoms. The molecular weight excluding hydrogens is 722 g/mol. The van der Waals surface area contributed by atoms with E-state index < -0.39 is 0 Å². The summed E-state index contributed by atoms with van der Waals surface area (Å²) in [4.78, 5) is 0.0487. The predicted molar refractivity (Wildman–Crippen MR) is 272 cm³/mol. The maximum absolute atomic E-state index is 6.37. The van der Waals surface area contributed by atoms with Crippen LogP contribution in [0.2, 0.25) is 0 Å². The van der Waals surface area contributed by atoms with Gasteiger partial charge in [0.1, 0.15) is 0 Å². The lowest BCUT2D eigenvalue weighted by atomic mass is 9.87. The number of alkyl halides is 1. The molecule has 0 aromatic heterocycles. The minimum Gasteiger partial charge on any atom is -0.385 e. The van der Waals surface area contributed by atoms with Crippen molar-refractivity contribution in [3.63, 3.8) is 0 Å². The molecule has 1 nitrogen and oxygen atoms in total. The monoisotopic (exact) mass is 816 g/mol. The van der Waals surface area contributed by atoms with Crippen molar-refractivity contribution in [2.45, 2.75) is 154 Å². The maximum atomic E-state index is 6.37. The van der Waals surface area contributed by atoms with Gasteiger partial charge in [-0.1, -0.05) is 206 Å². The van der Waals surface area contributed by atoms with Crippen LogP contribution >= 0.6 is 11.6 Å². The minimum atomic E-state index is 0.0487. The van der Waals surface area contributed by atoms with Crippen LogP contribution in [-0.2, 0) is 19.4 Å². The van der Waals surface area contributed by atoms with Crippen LogP contribution in [0.25, 0.3) is 0 Å². The first-order valence-electron chi connectivity index (χ1n) is 21.8. The first-order valence-corrected chi connectivity index (χ1v) is 22.1. The Morgan fingerprint density at radius 3 is 1.38 bits per heavy atom. The molecule has 1 N–H and O–H groups in total. The molecule has 330 valence electrons. The fourth-order valence-electron chi connectivity index (χ4n) is 6.19. The number of hydrogen-bond acceptors (Lipinski definition) is 1. The van der Waals surface area contributed by atoms with Crippen LogP contribution in [0.4, 0.5) is 0 Å². The Labute approximate surface area is 369 Å². The molecule has 2 aromatic carbocycles. The largest absolute Gasteiger partial charge is 0.385 e. The molecule has 0 radical (unpaired) electrons. The van der Waals surface area contributed by atoms with Gasteiger partial charge in [0.25, 0.3) is 0 Å². The van der Waals surface area contributed by atoms with E-state index in [1.54, 1.807) is 11.1 Å². The Hall–Kier alpha value is -3.29. The maximum Gasteiger partial charge on any atom is 0.0487 e. The minimum absolute atomic E-state index is 0.0487. The van der Waals surface area contributed by atoms with E-state index in [0.29, 0.717) is 35.0 Å². The summed E-state index contributed by atoms with van der Waals surface area (Å²) < 4.78 is 0. The highest BCUT2D eigenvalue weighted by molar-refractivity contribution is 6.26. The molecule has 0 saturated heterocycles. The summed E-state index contributed by atoms with van der Waals surface area (Å²) in [6.45, 7) is 66.9. The van der Waals surface area contributed by atoms with Crippen LogP contribution in [0, 0.1) is 40.9 Å². The van der Waals surface area contributed by atoms with Gasteiger partial charge in [-0.05, 0) is 105 Å². The molecular formula is C56H94ClN. The van der Waals surface area contributed by atoms with Crippen LogP contribution < -0.4 is 5.32 Å². The molecule has 2 aromatic rings. The van der Waals surface area contributed by atoms with Gasteiger partial charge in [-0.2, -0.15) is 0 Å². The van der Waals surface area contributed by atoms with Gasteiger partial charge in [-0.25, -0.2) is 0 Å². The average molecular weight is 817 g/mol. The normalized spacial score (nSPS) is 17.8. The van der Waals surface area contributed by atoms with Crippen LogP contribution in [0.3, 0.4) is 0 Å². The Kier molecular flexibility index (Phi) is 35.5. The first kappa shape index (κ1) is 61.4. The Bertz CT molecular complexity index is 1380. The zero-order valence-corrected chi connectivity index (χ0v) is 41.9. The second-order valence-electron chi connectivity index (χ2n) is 17.9. The Morgan fingerprint density at radius 2 is 1.10 bits per heavy atom. The molecule has 0 aliphatic heterocycles. The van der Waals surface area contributed by atoms with Crippen molar-refractivity contribution >= 4 is 11.6 Å². The number of benzene rings is 2. The summed E-state index contributed by atoms with van der Waals surface area (Å²) in [5, 5.41) is 3.25. The van der Waals surface area contributed by atoms with E-state index in [0.717, 1.165) is 35.7 Å². The smallest absolute Gasteiger partial charge is 0.0487 e. The fourth-order valence-corrected chi connectivity index (χ4v) is 6.76.